The molecule has 3 aromatic rings. The molecule has 0 aromatic heterocycles. The first kappa shape index (κ1) is 20.5. The fourth-order valence-electron chi connectivity index (χ4n) is 4.25. The summed E-state index contributed by atoms with van der Waals surface area (Å²) >= 11 is 3.48. The highest BCUT2D eigenvalue weighted by atomic mass is 79.9. The predicted molar refractivity (Wildman–Crippen MR) is 126 cm³/mol. The van der Waals surface area contributed by atoms with Gasteiger partial charge in [0.2, 0.25) is 0 Å². The molecule has 0 unspecified atom stereocenters. The summed E-state index contributed by atoms with van der Waals surface area (Å²) in [6, 6.07) is 22.8. The molecule has 32 heavy (non-hydrogen) atoms. The molecule has 0 aliphatic carbocycles. The van der Waals surface area contributed by atoms with E-state index >= 15 is 0 Å². The average molecular weight is 490 g/mol. The van der Waals surface area contributed by atoms with E-state index < -0.39 is 11.7 Å². The zero-order valence-corrected chi connectivity index (χ0v) is 19.0. The van der Waals surface area contributed by atoms with Gasteiger partial charge in [0.25, 0.3) is 5.78 Å². The summed E-state index contributed by atoms with van der Waals surface area (Å²) in [5.74, 6) is -0.248. The number of benzene rings is 3. The van der Waals surface area contributed by atoms with Gasteiger partial charge in [-0.1, -0.05) is 58.4 Å². The maximum absolute atomic E-state index is 12.8. The van der Waals surface area contributed by atoms with E-state index in [1.165, 1.54) is 4.90 Å². The molecule has 0 saturated carbocycles. The number of para-hydroxylation sites is 2. The molecule has 0 saturated heterocycles. The quantitative estimate of drug-likeness (QED) is 0.483. The van der Waals surface area contributed by atoms with Gasteiger partial charge in [0.15, 0.2) is 0 Å². The predicted octanol–water partition coefficient (Wildman–Crippen LogP) is 4.80. The van der Waals surface area contributed by atoms with Gasteiger partial charge in [-0.25, -0.2) is 0 Å². The lowest BCUT2D eigenvalue weighted by atomic mass is 9.98. The standard InChI is InChI=1S/C25H20BrN3O3/c1-32-23-9-5-3-6-18(23)22-14-20(16-10-12-17(26)13-11-16)27-29(22)15-28-21-8-4-2-7-19(21)24(30)25(28)31/h2-13,22H,14-15H2,1H3/t22-/m1/s1. The molecular weight excluding hydrogens is 470 g/mol. The highest BCUT2D eigenvalue weighted by Crippen LogP contribution is 2.39. The fraction of sp³-hybridized carbons (Fsp3) is 0.160. The normalized spacial score (nSPS) is 17.6. The highest BCUT2D eigenvalue weighted by molar-refractivity contribution is 9.10. The number of ether oxygens (including phenoxy) is 1. The molecule has 160 valence electrons. The molecule has 6 nitrogen and oxygen atoms in total. The zero-order chi connectivity index (χ0) is 22.2. The molecule has 5 rings (SSSR count). The van der Waals surface area contributed by atoms with Crippen molar-refractivity contribution in [2.75, 3.05) is 18.7 Å². The summed E-state index contributed by atoms with van der Waals surface area (Å²) in [6.07, 6.45) is 0.652. The second kappa shape index (κ2) is 8.24. The van der Waals surface area contributed by atoms with Crippen LogP contribution in [0.3, 0.4) is 0 Å². The van der Waals surface area contributed by atoms with E-state index in [0.29, 0.717) is 17.7 Å². The van der Waals surface area contributed by atoms with Gasteiger partial charge in [0.05, 0.1) is 30.1 Å². The minimum absolute atomic E-state index is 0.138. The third-order valence-corrected chi connectivity index (χ3v) is 6.36. The number of ketones is 1. The van der Waals surface area contributed by atoms with Crippen molar-refractivity contribution in [1.29, 1.82) is 0 Å². The highest BCUT2D eigenvalue weighted by Gasteiger charge is 2.39. The Hall–Kier alpha value is -3.45. The number of fused-ring (bicyclic) bond motifs is 1. The van der Waals surface area contributed by atoms with Crippen LogP contribution in [0.25, 0.3) is 0 Å². The van der Waals surface area contributed by atoms with E-state index in [-0.39, 0.29) is 12.7 Å². The largest absolute Gasteiger partial charge is 0.496 e. The van der Waals surface area contributed by atoms with Crippen molar-refractivity contribution >= 4 is 39.0 Å². The number of hydrazone groups is 1. The number of rotatable bonds is 5. The Labute approximate surface area is 194 Å². The second-order valence-corrected chi connectivity index (χ2v) is 8.59. The Morgan fingerprint density at radius 2 is 1.72 bits per heavy atom. The summed E-state index contributed by atoms with van der Waals surface area (Å²) < 4.78 is 6.60. The number of hydrogen-bond acceptors (Lipinski definition) is 5. The van der Waals surface area contributed by atoms with E-state index in [4.69, 9.17) is 9.84 Å². The summed E-state index contributed by atoms with van der Waals surface area (Å²) in [6.45, 7) is 0.171. The van der Waals surface area contributed by atoms with Gasteiger partial charge >= 0.3 is 5.91 Å². The first-order valence-electron chi connectivity index (χ1n) is 10.2. The number of Topliss-reactive ketones (excluding diaryl/α,β-unsaturated/α-hetero) is 1. The van der Waals surface area contributed by atoms with Crippen molar-refractivity contribution in [1.82, 2.24) is 5.01 Å². The van der Waals surface area contributed by atoms with Gasteiger partial charge in [-0.15, -0.1) is 0 Å². The molecule has 0 bridgehead atoms. The summed E-state index contributed by atoms with van der Waals surface area (Å²) in [4.78, 5) is 26.8. The minimum atomic E-state index is -0.530. The lowest BCUT2D eigenvalue weighted by molar-refractivity contribution is -0.114. The molecule has 0 fully saturated rings. The molecule has 7 heteroatoms. The maximum Gasteiger partial charge on any atom is 0.301 e. The number of carbonyl (C=O) groups excluding carboxylic acids is 2. The Kier molecular flexibility index (Phi) is 5.27. The van der Waals surface area contributed by atoms with Crippen LogP contribution in [0, 0.1) is 0 Å². The Morgan fingerprint density at radius 3 is 2.50 bits per heavy atom. The molecule has 1 atom stereocenters. The molecule has 1 amide bonds. The Balaban J connectivity index is 1.54. The lowest BCUT2D eigenvalue weighted by Gasteiger charge is -2.29. The lowest BCUT2D eigenvalue weighted by Crippen LogP contribution is -2.39. The average Bonchev–Trinajstić information content (AvgIpc) is 3.35. The van der Waals surface area contributed by atoms with Gasteiger partial charge in [-0.3, -0.25) is 19.5 Å². The van der Waals surface area contributed by atoms with Crippen molar-refractivity contribution in [2.45, 2.75) is 12.5 Å². The van der Waals surface area contributed by atoms with Crippen LogP contribution in [0.1, 0.15) is 33.9 Å². The van der Waals surface area contributed by atoms with Gasteiger partial charge in [0, 0.05) is 16.5 Å². The topological polar surface area (TPSA) is 62.2 Å². The summed E-state index contributed by atoms with van der Waals surface area (Å²) in [5, 5.41) is 6.77. The van der Waals surface area contributed by atoms with Crippen molar-refractivity contribution < 1.29 is 14.3 Å². The fourth-order valence-corrected chi connectivity index (χ4v) is 4.51. The van der Waals surface area contributed by atoms with Gasteiger partial charge in [-0.05, 0) is 35.9 Å². The van der Waals surface area contributed by atoms with Gasteiger partial charge < -0.3 is 4.74 Å². The van der Waals surface area contributed by atoms with Crippen molar-refractivity contribution in [3.05, 3.63) is 94.0 Å². The van der Waals surface area contributed by atoms with E-state index in [9.17, 15) is 9.59 Å². The smallest absolute Gasteiger partial charge is 0.301 e. The number of nitrogens with zero attached hydrogens (tertiary/aromatic N) is 3. The van der Waals surface area contributed by atoms with Crippen LogP contribution in [0.2, 0.25) is 0 Å². The van der Waals surface area contributed by atoms with Gasteiger partial charge in [0.1, 0.15) is 12.4 Å². The number of carbonyl (C=O) groups is 2. The first-order chi connectivity index (χ1) is 15.6. The zero-order valence-electron chi connectivity index (χ0n) is 17.4. The van der Waals surface area contributed by atoms with E-state index in [2.05, 4.69) is 15.9 Å². The van der Waals surface area contributed by atoms with E-state index in [1.807, 2.05) is 59.6 Å². The molecular formula is C25H20BrN3O3. The summed E-state index contributed by atoms with van der Waals surface area (Å²) in [5.41, 5.74) is 3.97. The molecule has 0 spiro atoms. The third kappa shape index (κ3) is 3.48. The monoisotopic (exact) mass is 489 g/mol. The number of amides is 1. The minimum Gasteiger partial charge on any atom is -0.496 e. The maximum atomic E-state index is 12.8. The van der Waals surface area contributed by atoms with Crippen LogP contribution >= 0.6 is 15.9 Å². The van der Waals surface area contributed by atoms with Crippen LogP contribution in [-0.2, 0) is 4.79 Å². The van der Waals surface area contributed by atoms with Crippen LogP contribution in [0.4, 0.5) is 5.69 Å². The number of halogens is 1. The van der Waals surface area contributed by atoms with Crippen molar-refractivity contribution in [3.8, 4) is 5.75 Å². The number of hydrogen-bond donors (Lipinski definition) is 0. The second-order valence-electron chi connectivity index (χ2n) is 7.68. The SMILES string of the molecule is COc1ccccc1[C@H]1CC(c2ccc(Br)cc2)=NN1CN1C(=O)C(=O)c2ccccc21. The van der Waals surface area contributed by atoms with Crippen LogP contribution in [0.15, 0.2) is 82.4 Å². The van der Waals surface area contributed by atoms with E-state index in [1.54, 1.807) is 25.3 Å². The van der Waals surface area contributed by atoms with Crippen LogP contribution < -0.4 is 9.64 Å². The molecule has 3 aromatic carbocycles. The molecule has 2 aliphatic rings. The molecule has 0 radical (unpaired) electrons. The molecule has 0 N–H and O–H groups in total. The van der Waals surface area contributed by atoms with E-state index in [0.717, 1.165) is 27.1 Å². The van der Waals surface area contributed by atoms with Gasteiger partial charge in [-0.2, -0.15) is 5.10 Å². The van der Waals surface area contributed by atoms with Crippen molar-refractivity contribution in [2.24, 2.45) is 5.10 Å². The number of anilines is 1. The molecule has 2 heterocycles. The Morgan fingerprint density at radius 1 is 1.00 bits per heavy atom. The molecule has 2 aliphatic heterocycles. The van der Waals surface area contributed by atoms with Crippen LogP contribution in [-0.4, -0.2) is 36.2 Å². The van der Waals surface area contributed by atoms with Crippen molar-refractivity contribution in [3.63, 3.8) is 0 Å². The summed E-state index contributed by atoms with van der Waals surface area (Å²) in [7, 11) is 1.65. The first-order valence-corrected chi connectivity index (χ1v) is 11.0. The van der Waals surface area contributed by atoms with Crippen LogP contribution in [0.5, 0.6) is 5.75 Å². The number of methoxy groups -OCH3 is 1. The third-order valence-electron chi connectivity index (χ3n) is 5.84. The Bertz CT molecular complexity index is 1240.